The van der Waals surface area contributed by atoms with Crippen molar-refractivity contribution in [2.24, 2.45) is 0 Å². The topological polar surface area (TPSA) is 25.7 Å². The van der Waals surface area contributed by atoms with Crippen molar-refractivity contribution < 1.29 is 4.42 Å². The molecule has 1 aliphatic heterocycles. The minimum atomic E-state index is 0.210. The Morgan fingerprint density at radius 2 is 1.59 bits per heavy atom. The van der Waals surface area contributed by atoms with Crippen molar-refractivity contribution in [3.63, 3.8) is 0 Å². The van der Waals surface area contributed by atoms with E-state index in [1.54, 1.807) is 0 Å². The van der Waals surface area contributed by atoms with E-state index in [-0.39, 0.29) is 6.04 Å². The number of anilines is 2. The second-order valence-electron chi connectivity index (χ2n) is 8.70. The molecule has 0 unspecified atom stereocenters. The maximum absolute atomic E-state index is 7.57. The average molecular weight is 413 g/mol. The Morgan fingerprint density at radius 1 is 0.812 bits per heavy atom. The van der Waals surface area contributed by atoms with Gasteiger partial charge in [0.05, 0.1) is 29.0 Å². The molecule has 4 heteroatoms. The number of hydrogen-bond acceptors (Lipinski definition) is 2. The maximum Gasteiger partial charge on any atom is 0.189 e. The molecule has 0 aliphatic carbocycles. The van der Waals surface area contributed by atoms with Crippen LogP contribution in [0.3, 0.4) is 0 Å². The summed E-state index contributed by atoms with van der Waals surface area (Å²) in [6.45, 7) is 12.0. The van der Waals surface area contributed by atoms with Crippen LogP contribution in [0.2, 0.25) is 0 Å². The highest BCUT2D eigenvalue weighted by Crippen LogP contribution is 2.52. The van der Waals surface area contributed by atoms with E-state index in [2.05, 4.69) is 76.7 Å². The first-order valence-electron chi connectivity index (χ1n) is 10.9. The monoisotopic (exact) mass is 413 g/mol. The zero-order valence-corrected chi connectivity index (χ0v) is 17.8. The summed E-state index contributed by atoms with van der Waals surface area (Å²) in [5, 5.41) is 4.69. The van der Waals surface area contributed by atoms with Crippen molar-refractivity contribution in [3.8, 4) is 5.69 Å². The zero-order chi connectivity index (χ0) is 21.6. The second-order valence-corrected chi connectivity index (χ2v) is 8.70. The van der Waals surface area contributed by atoms with Crippen LogP contribution >= 0.6 is 0 Å². The predicted molar refractivity (Wildman–Crippen MR) is 132 cm³/mol. The fraction of sp³-hybridized carbons (Fsp3) is 0.107. The average Bonchev–Trinajstić information content (AvgIpc) is 3.36. The van der Waals surface area contributed by atoms with Gasteiger partial charge in [-0.1, -0.05) is 42.5 Å². The summed E-state index contributed by atoms with van der Waals surface area (Å²) >= 11 is 0. The number of benzene rings is 4. The smallest absolute Gasteiger partial charge is 0.189 e. The van der Waals surface area contributed by atoms with E-state index in [9.17, 15) is 0 Å². The molecular weight excluding hydrogens is 394 g/mol. The van der Waals surface area contributed by atoms with Gasteiger partial charge in [-0.3, -0.25) is 0 Å². The number of nitrogens with zero attached hydrogens (tertiary/aromatic N) is 3. The molecule has 2 aromatic heterocycles. The normalized spacial score (nSPS) is 12.9. The minimum Gasteiger partial charge on any atom is -0.454 e. The fourth-order valence-electron chi connectivity index (χ4n) is 5.38. The van der Waals surface area contributed by atoms with Gasteiger partial charge in [0.2, 0.25) is 0 Å². The third-order valence-electron chi connectivity index (χ3n) is 6.62. The Labute approximate surface area is 184 Å². The summed E-state index contributed by atoms with van der Waals surface area (Å²) in [4.78, 5) is 6.08. The van der Waals surface area contributed by atoms with Gasteiger partial charge < -0.3 is 13.9 Å². The Morgan fingerprint density at radius 3 is 2.41 bits per heavy atom. The summed E-state index contributed by atoms with van der Waals surface area (Å²) in [7, 11) is 0. The lowest BCUT2D eigenvalue weighted by Crippen LogP contribution is -2.29. The van der Waals surface area contributed by atoms with Crippen molar-refractivity contribution in [1.29, 1.82) is 0 Å². The van der Waals surface area contributed by atoms with Crippen LogP contribution < -0.4 is 4.90 Å². The Balaban J connectivity index is 1.81. The number of furan rings is 1. The first kappa shape index (κ1) is 17.5. The van der Waals surface area contributed by atoms with Crippen LogP contribution in [0.5, 0.6) is 0 Å². The summed E-state index contributed by atoms with van der Waals surface area (Å²) < 4.78 is 8.82. The Hall–Kier alpha value is -4.23. The summed E-state index contributed by atoms with van der Waals surface area (Å²) in [6.07, 6.45) is 0. The van der Waals surface area contributed by atoms with Crippen LogP contribution in [0.1, 0.15) is 13.8 Å². The molecule has 4 aromatic carbocycles. The third kappa shape index (κ3) is 2.01. The van der Waals surface area contributed by atoms with Gasteiger partial charge in [0.1, 0.15) is 11.3 Å². The van der Waals surface area contributed by atoms with Crippen LogP contribution in [-0.4, -0.2) is 10.6 Å². The molecular formula is C28H19N3O. The highest BCUT2D eigenvalue weighted by Gasteiger charge is 2.32. The molecule has 0 fully saturated rings. The first-order valence-corrected chi connectivity index (χ1v) is 10.9. The van der Waals surface area contributed by atoms with Gasteiger partial charge in [0, 0.05) is 27.6 Å². The fourth-order valence-corrected chi connectivity index (χ4v) is 5.38. The van der Waals surface area contributed by atoms with Crippen LogP contribution in [0.25, 0.3) is 54.3 Å². The molecule has 0 bridgehead atoms. The molecule has 0 saturated carbocycles. The van der Waals surface area contributed by atoms with Gasteiger partial charge in [-0.2, -0.15) is 0 Å². The van der Waals surface area contributed by atoms with E-state index >= 15 is 0 Å². The SMILES string of the molecule is [C-]#[N+]c1ccc2c(c1)-n1c3ccccc3c3cc4c(oc5ccccc54)c(c31)N2C(C)C. The van der Waals surface area contributed by atoms with Crippen LogP contribution in [0.15, 0.2) is 77.2 Å². The van der Waals surface area contributed by atoms with E-state index in [1.165, 1.54) is 10.8 Å². The second kappa shape index (κ2) is 5.93. The van der Waals surface area contributed by atoms with Gasteiger partial charge in [-0.05, 0) is 44.2 Å². The number of para-hydroxylation sites is 2. The van der Waals surface area contributed by atoms with E-state index in [4.69, 9.17) is 11.0 Å². The third-order valence-corrected chi connectivity index (χ3v) is 6.62. The molecule has 7 rings (SSSR count). The van der Waals surface area contributed by atoms with E-state index < -0.39 is 0 Å². The summed E-state index contributed by atoms with van der Waals surface area (Å²) in [5.41, 5.74) is 7.98. The predicted octanol–water partition coefficient (Wildman–Crippen LogP) is 8.09. The standard InChI is InChI=1S/C28H19N3O/c1-16(2)30-23-13-12-17(29-3)14-24(23)31-22-10-6-4-8-18(22)20-15-21-19-9-5-7-11-25(19)32-28(21)27(30)26(20)31/h4-16H,1-2H3. The van der Waals surface area contributed by atoms with Gasteiger partial charge in [-0.15, -0.1) is 0 Å². The molecule has 0 amide bonds. The van der Waals surface area contributed by atoms with Crippen molar-refractivity contribution in [1.82, 2.24) is 4.57 Å². The maximum atomic E-state index is 7.57. The number of fused-ring (bicyclic) bond motifs is 9. The number of rotatable bonds is 1. The van der Waals surface area contributed by atoms with Gasteiger partial charge in [-0.25, -0.2) is 4.85 Å². The molecule has 4 nitrogen and oxygen atoms in total. The van der Waals surface area contributed by atoms with Crippen molar-refractivity contribution in [3.05, 3.63) is 84.2 Å². The molecule has 0 saturated heterocycles. The highest BCUT2D eigenvalue weighted by molar-refractivity contribution is 6.25. The molecule has 0 N–H and O–H groups in total. The lowest BCUT2D eigenvalue weighted by Gasteiger charge is -2.36. The largest absolute Gasteiger partial charge is 0.454 e. The molecule has 0 atom stereocenters. The molecule has 0 radical (unpaired) electrons. The zero-order valence-electron chi connectivity index (χ0n) is 17.8. The highest BCUT2D eigenvalue weighted by atomic mass is 16.3. The lowest BCUT2D eigenvalue weighted by atomic mass is 10.0. The van der Waals surface area contributed by atoms with Gasteiger partial charge in [0.25, 0.3) is 0 Å². The number of aromatic nitrogens is 1. The van der Waals surface area contributed by atoms with E-state index in [0.717, 1.165) is 50.0 Å². The van der Waals surface area contributed by atoms with Gasteiger partial charge >= 0.3 is 0 Å². The molecule has 0 spiro atoms. The molecule has 3 heterocycles. The van der Waals surface area contributed by atoms with E-state index in [1.807, 2.05) is 24.3 Å². The molecule has 6 aromatic rings. The summed E-state index contributed by atoms with van der Waals surface area (Å²) in [5.74, 6) is 0. The minimum absolute atomic E-state index is 0.210. The van der Waals surface area contributed by atoms with Crippen molar-refractivity contribution >= 4 is 60.8 Å². The van der Waals surface area contributed by atoms with E-state index in [0.29, 0.717) is 5.69 Å². The summed E-state index contributed by atoms with van der Waals surface area (Å²) in [6, 6.07) is 25.3. The molecule has 152 valence electrons. The van der Waals surface area contributed by atoms with Crippen LogP contribution in [0.4, 0.5) is 17.1 Å². The van der Waals surface area contributed by atoms with Crippen molar-refractivity contribution in [2.75, 3.05) is 4.90 Å². The molecule has 1 aliphatic rings. The van der Waals surface area contributed by atoms with Crippen LogP contribution in [0, 0.1) is 6.57 Å². The first-order chi connectivity index (χ1) is 15.7. The Bertz CT molecular complexity index is 1780. The molecule has 32 heavy (non-hydrogen) atoms. The van der Waals surface area contributed by atoms with Gasteiger partial charge in [0.15, 0.2) is 11.3 Å². The number of hydrogen-bond donors (Lipinski definition) is 0. The van der Waals surface area contributed by atoms with Crippen LogP contribution in [-0.2, 0) is 0 Å². The van der Waals surface area contributed by atoms with Crippen molar-refractivity contribution in [2.45, 2.75) is 19.9 Å². The quantitative estimate of drug-likeness (QED) is 0.255. The Kier molecular flexibility index (Phi) is 3.23. The lowest BCUT2D eigenvalue weighted by molar-refractivity contribution is 0.664.